The summed E-state index contributed by atoms with van der Waals surface area (Å²) in [6.07, 6.45) is 2.23. The molecule has 35 heavy (non-hydrogen) atoms. The van der Waals surface area contributed by atoms with E-state index < -0.39 is 29.1 Å². The lowest BCUT2D eigenvalue weighted by molar-refractivity contribution is -0.145. The third-order valence-electron chi connectivity index (χ3n) is 7.48. The van der Waals surface area contributed by atoms with Gasteiger partial charge < -0.3 is 30.1 Å². The van der Waals surface area contributed by atoms with Crippen molar-refractivity contribution in [3.63, 3.8) is 0 Å². The summed E-state index contributed by atoms with van der Waals surface area (Å²) < 4.78 is 12.0. The van der Waals surface area contributed by atoms with Gasteiger partial charge in [0.05, 0.1) is 24.0 Å². The molecule has 3 aliphatic heterocycles. The number of nitrogens with one attached hydrogen (secondary N) is 2. The first-order valence-electron chi connectivity index (χ1n) is 12.6. The Kier molecular flexibility index (Phi) is 7.11. The third kappa shape index (κ3) is 4.40. The highest BCUT2D eigenvalue weighted by molar-refractivity contribution is 6.02. The molecular weight excluding hydrogens is 450 g/mol. The Morgan fingerprint density at radius 3 is 2.54 bits per heavy atom. The number of hydrogen-bond acceptors (Lipinski definition) is 6. The number of likely N-dealkylation sites (tertiary alicyclic amines) is 1. The summed E-state index contributed by atoms with van der Waals surface area (Å²) in [5.74, 6) is -1.49. The predicted molar refractivity (Wildman–Crippen MR) is 130 cm³/mol. The molecule has 1 aromatic carbocycles. The highest BCUT2D eigenvalue weighted by Gasteiger charge is 2.77. The molecule has 3 aliphatic rings. The van der Waals surface area contributed by atoms with Gasteiger partial charge in [0.25, 0.3) is 0 Å². The average molecular weight is 488 g/mol. The maximum atomic E-state index is 13.8. The summed E-state index contributed by atoms with van der Waals surface area (Å²) in [5, 5.41) is 15.1. The fraction of sp³-hybridized carbons (Fsp3) is 0.654. The van der Waals surface area contributed by atoms with Gasteiger partial charge in [0, 0.05) is 24.9 Å². The average Bonchev–Trinajstić information content (AvgIpc) is 3.36. The molecular formula is C26H37N3O6. The van der Waals surface area contributed by atoms with Crippen LogP contribution in [0.15, 0.2) is 24.3 Å². The Morgan fingerprint density at radius 1 is 1.20 bits per heavy atom. The van der Waals surface area contributed by atoms with Crippen LogP contribution in [-0.2, 0) is 19.1 Å². The van der Waals surface area contributed by atoms with Crippen molar-refractivity contribution in [3.05, 3.63) is 24.3 Å². The molecule has 0 saturated carbocycles. The SMILES string of the molecule is CCOc1ccc(NC(=O)[C@H]2[C@H]3C(=O)N(CCCCO)C(C(=O)NC(C)C)C34CC[C@]2(C)O4)cc1. The standard InChI is InChI=1S/C26H37N3O6/c1-5-34-18-10-8-17(9-11-18)28-22(31)19-20-24(33)29(14-6-7-15-30)21(23(32)27-16(2)3)26(20)13-12-25(19,4)35-26/h8-11,16,19-21,30H,5-7,12-15H2,1-4H3,(H,27,32)(H,28,31)/t19-,20+,21?,25+,26?/m1/s1. The van der Waals surface area contributed by atoms with Crippen LogP contribution in [0.25, 0.3) is 0 Å². The van der Waals surface area contributed by atoms with Crippen molar-refractivity contribution in [2.75, 3.05) is 25.1 Å². The van der Waals surface area contributed by atoms with E-state index in [2.05, 4.69) is 10.6 Å². The maximum absolute atomic E-state index is 13.8. The van der Waals surface area contributed by atoms with Crippen molar-refractivity contribution < 1.29 is 29.0 Å². The van der Waals surface area contributed by atoms with E-state index in [4.69, 9.17) is 9.47 Å². The number of benzene rings is 1. The molecule has 2 bridgehead atoms. The first-order valence-corrected chi connectivity index (χ1v) is 12.6. The minimum absolute atomic E-state index is 0.0150. The van der Waals surface area contributed by atoms with Crippen LogP contribution in [0.3, 0.4) is 0 Å². The van der Waals surface area contributed by atoms with E-state index in [1.54, 1.807) is 29.2 Å². The maximum Gasteiger partial charge on any atom is 0.246 e. The van der Waals surface area contributed by atoms with Crippen molar-refractivity contribution in [1.82, 2.24) is 10.2 Å². The lowest BCUT2D eigenvalue weighted by Gasteiger charge is -2.34. The van der Waals surface area contributed by atoms with Crippen molar-refractivity contribution in [3.8, 4) is 5.75 Å². The molecule has 1 spiro atoms. The van der Waals surface area contributed by atoms with Gasteiger partial charge in [-0.15, -0.1) is 0 Å². The van der Waals surface area contributed by atoms with E-state index in [0.29, 0.717) is 50.3 Å². The first kappa shape index (κ1) is 25.4. The second-order valence-corrected chi connectivity index (χ2v) is 10.3. The van der Waals surface area contributed by atoms with E-state index in [0.717, 1.165) is 0 Å². The number of anilines is 1. The van der Waals surface area contributed by atoms with Gasteiger partial charge in [-0.1, -0.05) is 0 Å². The molecule has 3 amide bonds. The molecule has 3 heterocycles. The summed E-state index contributed by atoms with van der Waals surface area (Å²) in [6.45, 7) is 8.44. The Labute approximate surface area is 206 Å². The number of aliphatic hydroxyl groups is 1. The normalized spacial score (nSPS) is 31.1. The number of aliphatic hydroxyl groups excluding tert-OH is 1. The number of carbonyl (C=O) groups is 3. The van der Waals surface area contributed by atoms with E-state index >= 15 is 0 Å². The largest absolute Gasteiger partial charge is 0.494 e. The van der Waals surface area contributed by atoms with Gasteiger partial charge >= 0.3 is 0 Å². The minimum Gasteiger partial charge on any atom is -0.494 e. The number of fused-ring (bicyclic) bond motifs is 1. The Morgan fingerprint density at radius 2 is 1.91 bits per heavy atom. The van der Waals surface area contributed by atoms with Crippen molar-refractivity contribution in [2.24, 2.45) is 11.8 Å². The molecule has 0 aromatic heterocycles. The zero-order valence-electron chi connectivity index (χ0n) is 21.0. The lowest BCUT2D eigenvalue weighted by Crippen LogP contribution is -2.56. The smallest absolute Gasteiger partial charge is 0.246 e. The molecule has 0 radical (unpaired) electrons. The molecule has 9 nitrogen and oxygen atoms in total. The predicted octanol–water partition coefficient (Wildman–Crippen LogP) is 2.09. The number of amides is 3. The second kappa shape index (κ2) is 9.78. The van der Waals surface area contributed by atoms with E-state index in [1.807, 2.05) is 27.7 Å². The van der Waals surface area contributed by atoms with Crippen molar-refractivity contribution in [2.45, 2.75) is 76.7 Å². The molecule has 192 valence electrons. The first-order chi connectivity index (χ1) is 16.7. The van der Waals surface area contributed by atoms with Crippen LogP contribution in [0.2, 0.25) is 0 Å². The molecule has 0 aliphatic carbocycles. The monoisotopic (exact) mass is 487 g/mol. The van der Waals surface area contributed by atoms with Crippen LogP contribution in [0, 0.1) is 11.8 Å². The van der Waals surface area contributed by atoms with Crippen LogP contribution in [0.5, 0.6) is 5.75 Å². The third-order valence-corrected chi connectivity index (χ3v) is 7.48. The van der Waals surface area contributed by atoms with Crippen LogP contribution in [-0.4, -0.2) is 70.8 Å². The second-order valence-electron chi connectivity index (χ2n) is 10.3. The molecule has 3 N–H and O–H groups in total. The molecule has 1 aromatic rings. The fourth-order valence-corrected chi connectivity index (χ4v) is 6.15. The topological polar surface area (TPSA) is 117 Å². The molecule has 3 saturated heterocycles. The summed E-state index contributed by atoms with van der Waals surface area (Å²) in [7, 11) is 0. The lowest BCUT2D eigenvalue weighted by atomic mass is 9.66. The van der Waals surface area contributed by atoms with E-state index in [1.165, 1.54) is 0 Å². The zero-order valence-corrected chi connectivity index (χ0v) is 21.0. The fourth-order valence-electron chi connectivity index (χ4n) is 6.15. The summed E-state index contributed by atoms with van der Waals surface area (Å²) in [6, 6.07) is 6.22. The van der Waals surface area contributed by atoms with Crippen LogP contribution in [0.1, 0.15) is 53.4 Å². The van der Waals surface area contributed by atoms with Crippen LogP contribution in [0.4, 0.5) is 5.69 Å². The van der Waals surface area contributed by atoms with E-state index in [9.17, 15) is 19.5 Å². The van der Waals surface area contributed by atoms with Gasteiger partial charge in [0.15, 0.2) is 0 Å². The summed E-state index contributed by atoms with van der Waals surface area (Å²) in [4.78, 5) is 42.4. The number of hydrogen-bond donors (Lipinski definition) is 3. The number of carbonyl (C=O) groups excluding carboxylic acids is 3. The number of ether oxygens (including phenoxy) is 2. The summed E-state index contributed by atoms with van der Waals surface area (Å²) in [5.41, 5.74) is -1.26. The Balaban J connectivity index is 1.63. The van der Waals surface area contributed by atoms with Crippen molar-refractivity contribution in [1.29, 1.82) is 0 Å². The molecule has 3 fully saturated rings. The van der Waals surface area contributed by atoms with Crippen LogP contribution < -0.4 is 15.4 Å². The van der Waals surface area contributed by atoms with Gasteiger partial charge in [-0.25, -0.2) is 0 Å². The van der Waals surface area contributed by atoms with Gasteiger partial charge in [-0.3, -0.25) is 14.4 Å². The van der Waals surface area contributed by atoms with Crippen molar-refractivity contribution >= 4 is 23.4 Å². The van der Waals surface area contributed by atoms with Gasteiger partial charge in [-0.2, -0.15) is 0 Å². The van der Waals surface area contributed by atoms with E-state index in [-0.39, 0.29) is 30.4 Å². The van der Waals surface area contributed by atoms with Gasteiger partial charge in [0.2, 0.25) is 17.7 Å². The Hall–Kier alpha value is -2.65. The molecule has 2 unspecified atom stereocenters. The van der Waals surface area contributed by atoms with Gasteiger partial charge in [0.1, 0.15) is 17.4 Å². The number of nitrogens with zero attached hydrogens (tertiary/aromatic N) is 1. The zero-order chi connectivity index (χ0) is 25.4. The molecule has 5 atom stereocenters. The summed E-state index contributed by atoms with van der Waals surface area (Å²) >= 11 is 0. The quantitative estimate of drug-likeness (QED) is 0.435. The Bertz CT molecular complexity index is 966. The molecule has 4 rings (SSSR count). The highest BCUT2D eigenvalue weighted by Crippen LogP contribution is 2.63. The molecule has 9 heteroatoms. The minimum atomic E-state index is -1.04. The number of rotatable bonds is 10. The number of unbranched alkanes of at least 4 members (excludes halogenated alkanes) is 1. The highest BCUT2D eigenvalue weighted by atomic mass is 16.5. The van der Waals surface area contributed by atoms with Crippen LogP contribution >= 0.6 is 0 Å². The van der Waals surface area contributed by atoms with Gasteiger partial charge in [-0.05, 0) is 77.6 Å².